The number of fused-ring (bicyclic) bond motifs is 1. The van der Waals surface area contributed by atoms with Gasteiger partial charge in [-0.2, -0.15) is 0 Å². The van der Waals surface area contributed by atoms with Gasteiger partial charge in [0.05, 0.1) is 14.9 Å². The number of halogens is 1. The highest BCUT2D eigenvalue weighted by atomic mass is 35.5. The number of nitro groups is 2. The van der Waals surface area contributed by atoms with Gasteiger partial charge in [0.25, 0.3) is 11.4 Å². The number of nitrogens with zero attached hydrogens (tertiary/aromatic N) is 3. The molecule has 0 radical (unpaired) electrons. The van der Waals surface area contributed by atoms with Gasteiger partial charge in [-0.05, 0) is 12.1 Å². The van der Waals surface area contributed by atoms with E-state index in [9.17, 15) is 20.2 Å². The lowest BCUT2D eigenvalue weighted by Crippen LogP contribution is -1.87. The zero-order valence-electron chi connectivity index (χ0n) is 10.7. The van der Waals surface area contributed by atoms with E-state index in [4.69, 9.17) is 16.0 Å². The van der Waals surface area contributed by atoms with Crippen LogP contribution < -0.4 is 0 Å². The van der Waals surface area contributed by atoms with Crippen LogP contribution in [0.4, 0.5) is 11.4 Å². The third-order valence-electron chi connectivity index (χ3n) is 2.97. The Morgan fingerprint density at radius 3 is 2.23 bits per heavy atom. The van der Waals surface area contributed by atoms with E-state index in [0.717, 1.165) is 0 Å². The van der Waals surface area contributed by atoms with Gasteiger partial charge in [0, 0.05) is 29.8 Å². The normalized spacial score (nSPS) is 10.8. The van der Waals surface area contributed by atoms with Crippen LogP contribution in [0.5, 0.6) is 0 Å². The zero-order valence-corrected chi connectivity index (χ0v) is 11.5. The standard InChI is InChI=1S/C13H6ClN3O5/c14-10-5-9(17(20)21)6-11-12(10)22-13(15-11)7-1-3-8(4-2-7)16(18)19/h1-6H. The van der Waals surface area contributed by atoms with Crippen molar-refractivity contribution in [2.24, 2.45) is 0 Å². The summed E-state index contributed by atoms with van der Waals surface area (Å²) in [6.45, 7) is 0. The average Bonchev–Trinajstić information content (AvgIpc) is 2.92. The molecule has 0 spiro atoms. The van der Waals surface area contributed by atoms with Crippen LogP contribution in [0.1, 0.15) is 0 Å². The fourth-order valence-electron chi connectivity index (χ4n) is 1.93. The van der Waals surface area contributed by atoms with Crippen molar-refractivity contribution in [3.63, 3.8) is 0 Å². The number of hydrogen-bond acceptors (Lipinski definition) is 6. The van der Waals surface area contributed by atoms with E-state index in [1.54, 1.807) is 0 Å². The molecule has 110 valence electrons. The molecule has 9 heteroatoms. The first-order chi connectivity index (χ1) is 10.5. The molecule has 0 amide bonds. The highest BCUT2D eigenvalue weighted by Crippen LogP contribution is 2.33. The van der Waals surface area contributed by atoms with Crippen molar-refractivity contribution in [1.82, 2.24) is 4.98 Å². The maximum Gasteiger partial charge on any atom is 0.273 e. The molecule has 0 aliphatic heterocycles. The summed E-state index contributed by atoms with van der Waals surface area (Å²) in [5, 5.41) is 21.5. The van der Waals surface area contributed by atoms with Gasteiger partial charge < -0.3 is 4.42 Å². The van der Waals surface area contributed by atoms with Gasteiger partial charge in [-0.3, -0.25) is 20.2 Å². The first kappa shape index (κ1) is 14.0. The van der Waals surface area contributed by atoms with Crippen molar-refractivity contribution in [3.05, 3.63) is 61.6 Å². The molecule has 8 nitrogen and oxygen atoms in total. The Kier molecular flexibility index (Phi) is 3.22. The van der Waals surface area contributed by atoms with Crippen LogP contribution in [0.15, 0.2) is 40.8 Å². The fraction of sp³-hybridized carbons (Fsp3) is 0. The van der Waals surface area contributed by atoms with Gasteiger partial charge in [0.2, 0.25) is 5.89 Å². The molecule has 0 unspecified atom stereocenters. The number of hydrogen-bond donors (Lipinski definition) is 0. The summed E-state index contributed by atoms with van der Waals surface area (Å²) < 4.78 is 5.48. The third-order valence-corrected chi connectivity index (χ3v) is 3.25. The molecule has 0 bridgehead atoms. The zero-order chi connectivity index (χ0) is 15.9. The SMILES string of the molecule is O=[N+]([O-])c1ccc(-c2nc3cc([N+](=O)[O-])cc(Cl)c3o2)cc1. The Labute approximate surface area is 127 Å². The van der Waals surface area contributed by atoms with Crippen LogP contribution >= 0.6 is 11.6 Å². The molecule has 3 aromatic rings. The summed E-state index contributed by atoms with van der Waals surface area (Å²) in [7, 11) is 0. The summed E-state index contributed by atoms with van der Waals surface area (Å²) >= 11 is 5.95. The molecule has 2 aromatic carbocycles. The van der Waals surface area contributed by atoms with E-state index >= 15 is 0 Å². The lowest BCUT2D eigenvalue weighted by molar-refractivity contribution is -0.385. The van der Waals surface area contributed by atoms with Crippen molar-refractivity contribution in [1.29, 1.82) is 0 Å². The first-order valence-electron chi connectivity index (χ1n) is 5.95. The van der Waals surface area contributed by atoms with E-state index in [1.165, 1.54) is 36.4 Å². The molecule has 0 aliphatic rings. The van der Waals surface area contributed by atoms with E-state index in [1.807, 2.05) is 0 Å². The fourth-order valence-corrected chi connectivity index (χ4v) is 2.18. The highest BCUT2D eigenvalue weighted by molar-refractivity contribution is 6.35. The Morgan fingerprint density at radius 2 is 1.64 bits per heavy atom. The summed E-state index contributed by atoms with van der Waals surface area (Å²) in [6.07, 6.45) is 0. The maximum absolute atomic E-state index is 10.8. The highest BCUT2D eigenvalue weighted by Gasteiger charge is 2.17. The third kappa shape index (κ3) is 2.35. The smallest absolute Gasteiger partial charge is 0.273 e. The second-order valence-electron chi connectivity index (χ2n) is 4.36. The quantitative estimate of drug-likeness (QED) is 0.533. The van der Waals surface area contributed by atoms with Crippen molar-refractivity contribution < 1.29 is 14.3 Å². The molecule has 3 rings (SSSR count). The summed E-state index contributed by atoms with van der Waals surface area (Å²) in [6, 6.07) is 8.01. The lowest BCUT2D eigenvalue weighted by Gasteiger charge is -1.94. The minimum atomic E-state index is -0.578. The number of nitro benzene ring substituents is 2. The van der Waals surface area contributed by atoms with Gasteiger partial charge >= 0.3 is 0 Å². The van der Waals surface area contributed by atoms with Crippen LogP contribution in [0.2, 0.25) is 5.02 Å². The molecule has 0 saturated heterocycles. The van der Waals surface area contributed by atoms with Crippen LogP contribution in [0.3, 0.4) is 0 Å². The lowest BCUT2D eigenvalue weighted by atomic mass is 10.2. The Bertz CT molecular complexity index is 904. The van der Waals surface area contributed by atoms with Gasteiger partial charge in [0.1, 0.15) is 5.52 Å². The summed E-state index contributed by atoms with van der Waals surface area (Å²) in [5.41, 5.74) is 0.711. The van der Waals surface area contributed by atoms with Crippen LogP contribution in [0.25, 0.3) is 22.6 Å². The maximum atomic E-state index is 10.8. The average molecular weight is 320 g/mol. The minimum absolute atomic E-state index is 0.0615. The van der Waals surface area contributed by atoms with Gasteiger partial charge in [-0.15, -0.1) is 0 Å². The van der Waals surface area contributed by atoms with Crippen LogP contribution in [-0.2, 0) is 0 Å². The molecule has 1 aromatic heterocycles. The molecule has 0 fully saturated rings. The molecule has 0 N–H and O–H groups in total. The van der Waals surface area contributed by atoms with E-state index in [-0.39, 0.29) is 33.4 Å². The van der Waals surface area contributed by atoms with Crippen molar-refractivity contribution in [3.8, 4) is 11.5 Å². The van der Waals surface area contributed by atoms with E-state index in [2.05, 4.69) is 4.98 Å². The Hall–Kier alpha value is -3.00. The summed E-state index contributed by atoms with van der Waals surface area (Å²) in [4.78, 5) is 24.5. The topological polar surface area (TPSA) is 112 Å². The number of rotatable bonds is 3. The van der Waals surface area contributed by atoms with Crippen molar-refractivity contribution in [2.45, 2.75) is 0 Å². The molecule has 22 heavy (non-hydrogen) atoms. The van der Waals surface area contributed by atoms with E-state index in [0.29, 0.717) is 5.56 Å². The number of benzene rings is 2. The first-order valence-corrected chi connectivity index (χ1v) is 6.33. The van der Waals surface area contributed by atoms with Crippen molar-refractivity contribution >= 4 is 34.1 Å². The van der Waals surface area contributed by atoms with Crippen LogP contribution in [-0.4, -0.2) is 14.8 Å². The molecule has 0 aliphatic carbocycles. The molecule has 0 atom stereocenters. The predicted molar refractivity (Wildman–Crippen MR) is 77.8 cm³/mol. The van der Waals surface area contributed by atoms with Crippen LogP contribution in [0, 0.1) is 20.2 Å². The van der Waals surface area contributed by atoms with Gasteiger partial charge in [-0.1, -0.05) is 11.6 Å². The largest absolute Gasteiger partial charge is 0.435 e. The number of non-ortho nitro benzene ring substituents is 2. The van der Waals surface area contributed by atoms with Gasteiger partial charge in [-0.25, -0.2) is 4.98 Å². The number of aromatic nitrogens is 1. The molecule has 0 saturated carbocycles. The second-order valence-corrected chi connectivity index (χ2v) is 4.76. The van der Waals surface area contributed by atoms with Crippen molar-refractivity contribution in [2.75, 3.05) is 0 Å². The minimum Gasteiger partial charge on any atom is -0.435 e. The second kappa shape index (κ2) is 5.08. The molecular weight excluding hydrogens is 314 g/mol. The summed E-state index contributed by atoms with van der Waals surface area (Å²) in [5.74, 6) is 0.173. The molecular formula is C13H6ClN3O5. The number of oxazole rings is 1. The van der Waals surface area contributed by atoms with Gasteiger partial charge in [0.15, 0.2) is 5.58 Å². The predicted octanol–water partition coefficient (Wildman–Crippen LogP) is 3.96. The van der Waals surface area contributed by atoms with E-state index < -0.39 is 9.85 Å². The monoisotopic (exact) mass is 319 g/mol. The molecule has 1 heterocycles. The Balaban J connectivity index is 2.10. The Morgan fingerprint density at radius 1 is 1.00 bits per heavy atom.